The van der Waals surface area contributed by atoms with Gasteiger partial charge in [-0.1, -0.05) is 17.7 Å². The lowest BCUT2D eigenvalue weighted by molar-refractivity contribution is 0.0257. The SMILES string of the molecule is Fc1cc(CC2(CCl)CCOCC2)ccc1Cl. The summed E-state index contributed by atoms with van der Waals surface area (Å²) in [5.74, 6) is 0.224. The highest BCUT2D eigenvalue weighted by Gasteiger charge is 2.32. The lowest BCUT2D eigenvalue weighted by Crippen LogP contribution is -2.33. The standard InChI is InChI=1S/C13H15Cl2FO/c14-9-13(3-5-17-6-4-13)8-10-1-2-11(15)12(16)7-10/h1-2,7H,3-6,8-9H2. The van der Waals surface area contributed by atoms with E-state index in [-0.39, 0.29) is 16.3 Å². The molecular formula is C13H15Cl2FO. The normalized spacial score (nSPS) is 19.2. The Bertz CT molecular complexity index is 389. The van der Waals surface area contributed by atoms with Crippen molar-refractivity contribution in [3.05, 3.63) is 34.6 Å². The van der Waals surface area contributed by atoms with Gasteiger partial charge in [-0.3, -0.25) is 0 Å². The van der Waals surface area contributed by atoms with E-state index in [2.05, 4.69) is 0 Å². The molecule has 0 aliphatic carbocycles. The van der Waals surface area contributed by atoms with Crippen LogP contribution in [0.15, 0.2) is 18.2 Å². The van der Waals surface area contributed by atoms with Crippen LogP contribution in [0.1, 0.15) is 18.4 Å². The first-order valence-corrected chi connectivity index (χ1v) is 6.64. The summed E-state index contributed by atoms with van der Waals surface area (Å²) < 4.78 is 18.7. The van der Waals surface area contributed by atoms with Crippen molar-refractivity contribution in [2.24, 2.45) is 5.41 Å². The van der Waals surface area contributed by atoms with Gasteiger partial charge in [-0.2, -0.15) is 0 Å². The number of benzene rings is 1. The maximum Gasteiger partial charge on any atom is 0.142 e. The summed E-state index contributed by atoms with van der Waals surface area (Å²) in [4.78, 5) is 0. The minimum absolute atomic E-state index is 0.0417. The third-order valence-corrected chi connectivity index (χ3v) is 4.27. The van der Waals surface area contributed by atoms with Crippen molar-refractivity contribution in [3.63, 3.8) is 0 Å². The maximum absolute atomic E-state index is 13.4. The molecule has 4 heteroatoms. The molecule has 0 atom stereocenters. The molecule has 0 bridgehead atoms. The molecule has 1 saturated heterocycles. The first kappa shape index (κ1) is 13.1. The van der Waals surface area contributed by atoms with Crippen molar-refractivity contribution in [1.29, 1.82) is 0 Å². The van der Waals surface area contributed by atoms with Gasteiger partial charge < -0.3 is 4.74 Å². The number of alkyl halides is 1. The van der Waals surface area contributed by atoms with E-state index in [4.69, 9.17) is 27.9 Å². The summed E-state index contributed by atoms with van der Waals surface area (Å²) in [5.41, 5.74) is 0.995. The van der Waals surface area contributed by atoms with Gasteiger partial charge in [-0.05, 0) is 42.4 Å². The molecule has 1 heterocycles. The van der Waals surface area contributed by atoms with Crippen LogP contribution in [0.25, 0.3) is 0 Å². The Morgan fingerprint density at radius 3 is 2.59 bits per heavy atom. The quantitative estimate of drug-likeness (QED) is 0.757. The van der Waals surface area contributed by atoms with Crippen molar-refractivity contribution in [3.8, 4) is 0 Å². The highest BCUT2D eigenvalue weighted by atomic mass is 35.5. The zero-order valence-corrected chi connectivity index (χ0v) is 11.0. The zero-order valence-electron chi connectivity index (χ0n) is 9.52. The molecule has 17 heavy (non-hydrogen) atoms. The molecule has 0 unspecified atom stereocenters. The molecule has 0 saturated carbocycles. The van der Waals surface area contributed by atoms with Gasteiger partial charge in [0.2, 0.25) is 0 Å². The van der Waals surface area contributed by atoms with Gasteiger partial charge in [0.15, 0.2) is 0 Å². The largest absolute Gasteiger partial charge is 0.381 e. The molecule has 0 radical (unpaired) electrons. The number of ether oxygens (including phenoxy) is 1. The van der Waals surface area contributed by atoms with Crippen molar-refractivity contribution in [2.75, 3.05) is 19.1 Å². The minimum Gasteiger partial charge on any atom is -0.381 e. The fraction of sp³-hybridized carbons (Fsp3) is 0.538. The van der Waals surface area contributed by atoms with Crippen LogP contribution in [0.2, 0.25) is 5.02 Å². The molecule has 1 nitrogen and oxygen atoms in total. The van der Waals surface area contributed by atoms with Gasteiger partial charge >= 0.3 is 0 Å². The van der Waals surface area contributed by atoms with Crippen LogP contribution >= 0.6 is 23.2 Å². The average Bonchev–Trinajstić information content (AvgIpc) is 2.35. The maximum atomic E-state index is 13.4. The van der Waals surface area contributed by atoms with Crippen LogP contribution in [0.5, 0.6) is 0 Å². The molecule has 0 aromatic heterocycles. The van der Waals surface area contributed by atoms with E-state index >= 15 is 0 Å². The summed E-state index contributed by atoms with van der Waals surface area (Å²) in [7, 11) is 0. The zero-order chi connectivity index (χ0) is 12.3. The molecule has 0 spiro atoms. The Kier molecular flexibility index (Phi) is 4.29. The molecule has 1 aromatic rings. The van der Waals surface area contributed by atoms with Crippen LogP contribution in [0.3, 0.4) is 0 Å². The van der Waals surface area contributed by atoms with E-state index in [9.17, 15) is 4.39 Å². The minimum atomic E-state index is -0.360. The molecule has 1 aliphatic heterocycles. The van der Waals surface area contributed by atoms with Gasteiger partial charge in [0.25, 0.3) is 0 Å². The van der Waals surface area contributed by atoms with E-state index in [1.165, 1.54) is 6.07 Å². The molecular weight excluding hydrogens is 262 g/mol. The summed E-state index contributed by atoms with van der Waals surface area (Å²) >= 11 is 11.8. The molecule has 2 rings (SSSR count). The lowest BCUT2D eigenvalue weighted by Gasteiger charge is -2.35. The van der Waals surface area contributed by atoms with Crippen LogP contribution in [0, 0.1) is 11.2 Å². The second-order valence-corrected chi connectivity index (χ2v) is 5.35. The third kappa shape index (κ3) is 3.12. The van der Waals surface area contributed by atoms with Gasteiger partial charge in [-0.15, -0.1) is 11.6 Å². The highest BCUT2D eigenvalue weighted by Crippen LogP contribution is 2.36. The first-order chi connectivity index (χ1) is 8.15. The Morgan fingerprint density at radius 2 is 2.00 bits per heavy atom. The van der Waals surface area contributed by atoms with E-state index in [0.29, 0.717) is 5.88 Å². The van der Waals surface area contributed by atoms with Crippen molar-refractivity contribution < 1.29 is 9.13 Å². The Balaban J connectivity index is 2.14. The summed E-state index contributed by atoms with van der Waals surface area (Å²) in [5, 5.41) is 0.167. The van der Waals surface area contributed by atoms with Crippen molar-refractivity contribution >= 4 is 23.2 Å². The molecule has 0 N–H and O–H groups in total. The summed E-state index contributed by atoms with van der Waals surface area (Å²) in [6.07, 6.45) is 2.65. The third-order valence-electron chi connectivity index (χ3n) is 3.40. The van der Waals surface area contributed by atoms with Crippen LogP contribution in [-0.4, -0.2) is 19.1 Å². The Labute approximate surface area is 111 Å². The summed E-state index contributed by atoms with van der Waals surface area (Å²) in [6.45, 7) is 1.48. The monoisotopic (exact) mass is 276 g/mol. The molecule has 1 fully saturated rings. The fourth-order valence-electron chi connectivity index (χ4n) is 2.24. The van der Waals surface area contributed by atoms with Crippen LogP contribution in [0.4, 0.5) is 4.39 Å². The van der Waals surface area contributed by atoms with Crippen LogP contribution < -0.4 is 0 Å². The van der Waals surface area contributed by atoms with Gasteiger partial charge in [-0.25, -0.2) is 4.39 Å². The average molecular weight is 277 g/mol. The predicted molar refractivity (Wildman–Crippen MR) is 68.3 cm³/mol. The van der Waals surface area contributed by atoms with Crippen molar-refractivity contribution in [2.45, 2.75) is 19.3 Å². The second kappa shape index (κ2) is 5.55. The van der Waals surface area contributed by atoms with E-state index in [1.54, 1.807) is 6.07 Å². The smallest absolute Gasteiger partial charge is 0.142 e. The summed E-state index contributed by atoms with van der Waals surface area (Å²) in [6, 6.07) is 4.98. The van der Waals surface area contributed by atoms with Gasteiger partial charge in [0.05, 0.1) is 5.02 Å². The lowest BCUT2D eigenvalue weighted by atomic mass is 9.77. The topological polar surface area (TPSA) is 9.23 Å². The molecule has 94 valence electrons. The Morgan fingerprint density at radius 1 is 1.29 bits per heavy atom. The number of halogens is 3. The van der Waals surface area contributed by atoms with E-state index in [1.807, 2.05) is 6.07 Å². The number of hydrogen-bond donors (Lipinski definition) is 0. The fourth-order valence-corrected chi connectivity index (χ4v) is 2.72. The molecule has 1 aromatic carbocycles. The molecule has 0 amide bonds. The second-order valence-electron chi connectivity index (χ2n) is 4.67. The first-order valence-electron chi connectivity index (χ1n) is 5.73. The number of rotatable bonds is 3. The van der Waals surface area contributed by atoms with E-state index < -0.39 is 0 Å². The van der Waals surface area contributed by atoms with E-state index in [0.717, 1.165) is 38.0 Å². The van der Waals surface area contributed by atoms with Crippen LogP contribution in [-0.2, 0) is 11.2 Å². The van der Waals surface area contributed by atoms with Crippen molar-refractivity contribution in [1.82, 2.24) is 0 Å². The van der Waals surface area contributed by atoms with Gasteiger partial charge in [0, 0.05) is 19.1 Å². The Hall–Kier alpha value is -0.310. The molecule has 1 aliphatic rings. The highest BCUT2D eigenvalue weighted by molar-refractivity contribution is 6.30. The number of hydrogen-bond acceptors (Lipinski definition) is 1. The van der Waals surface area contributed by atoms with Gasteiger partial charge in [0.1, 0.15) is 5.82 Å². The predicted octanol–water partition coefficient (Wildman–Crippen LogP) is 4.06.